The number of aliphatic hydroxyl groups is 1. The molecule has 1 heterocycles. The first-order valence-electron chi connectivity index (χ1n) is 8.51. The van der Waals surface area contributed by atoms with E-state index in [1.165, 1.54) is 0 Å². The lowest BCUT2D eigenvalue weighted by atomic mass is 9.61. The number of hydrogen-bond acceptors (Lipinski definition) is 4. The maximum Gasteiger partial charge on any atom is 0.141 e. The van der Waals surface area contributed by atoms with Gasteiger partial charge in [0.25, 0.3) is 0 Å². The quantitative estimate of drug-likeness (QED) is 0.919. The van der Waals surface area contributed by atoms with Crippen LogP contribution in [0.3, 0.4) is 0 Å². The lowest BCUT2D eigenvalue weighted by Gasteiger charge is -2.42. The highest BCUT2D eigenvalue weighted by Gasteiger charge is 2.52. The summed E-state index contributed by atoms with van der Waals surface area (Å²) in [4.78, 5) is 14.7. The van der Waals surface area contributed by atoms with E-state index in [0.29, 0.717) is 12.8 Å². The predicted octanol–water partition coefficient (Wildman–Crippen LogP) is 2.97. The standard InChI is InChI=1S/C21H21NO3/c1-25-17-7-5-15(6-8-17)12-18-19(24)9-10-20-21(18)11-3-2-4-16(21)13-22(20)14-23/h2-8,10-11,13,18,23H,9,12,14H2,1H3. The number of Topliss-reactive ketones (excluding diaryl/α,β-unsaturated/α-hetero) is 1. The van der Waals surface area contributed by atoms with Gasteiger partial charge in [-0.3, -0.25) is 4.79 Å². The van der Waals surface area contributed by atoms with Crippen molar-refractivity contribution in [2.24, 2.45) is 11.3 Å². The largest absolute Gasteiger partial charge is 0.497 e. The van der Waals surface area contributed by atoms with E-state index in [9.17, 15) is 9.90 Å². The van der Waals surface area contributed by atoms with Gasteiger partial charge in [-0.05, 0) is 29.7 Å². The Morgan fingerprint density at radius 1 is 1.28 bits per heavy atom. The number of carbonyl (C=O) groups excluding carboxylic acids is 1. The maximum absolute atomic E-state index is 12.9. The van der Waals surface area contributed by atoms with Crippen LogP contribution in [-0.2, 0) is 11.2 Å². The first-order valence-corrected chi connectivity index (χ1v) is 8.51. The Morgan fingerprint density at radius 2 is 2.08 bits per heavy atom. The van der Waals surface area contributed by atoms with Gasteiger partial charge in [-0.15, -0.1) is 0 Å². The van der Waals surface area contributed by atoms with Crippen molar-refractivity contribution in [2.45, 2.75) is 12.8 Å². The van der Waals surface area contributed by atoms with Crippen LogP contribution >= 0.6 is 0 Å². The van der Waals surface area contributed by atoms with Gasteiger partial charge >= 0.3 is 0 Å². The molecule has 1 aromatic rings. The summed E-state index contributed by atoms with van der Waals surface area (Å²) in [5, 5.41) is 9.74. The van der Waals surface area contributed by atoms with Gasteiger partial charge in [-0.1, -0.05) is 42.5 Å². The molecule has 0 fully saturated rings. The molecule has 0 radical (unpaired) electrons. The molecule has 4 nitrogen and oxygen atoms in total. The normalized spacial score (nSPS) is 26.9. The average molecular weight is 335 g/mol. The molecule has 2 atom stereocenters. The number of nitrogens with zero attached hydrogens (tertiary/aromatic N) is 1. The van der Waals surface area contributed by atoms with E-state index >= 15 is 0 Å². The molecule has 2 aliphatic carbocycles. The van der Waals surface area contributed by atoms with Crippen molar-refractivity contribution in [2.75, 3.05) is 13.8 Å². The van der Waals surface area contributed by atoms with Gasteiger partial charge in [0.2, 0.25) is 0 Å². The van der Waals surface area contributed by atoms with E-state index in [1.807, 2.05) is 59.7 Å². The number of aliphatic hydroxyl groups excluding tert-OH is 1. The molecule has 128 valence electrons. The molecular formula is C21H21NO3. The summed E-state index contributed by atoms with van der Waals surface area (Å²) in [6, 6.07) is 7.90. The molecule has 0 saturated carbocycles. The van der Waals surface area contributed by atoms with Crippen LogP contribution in [-0.4, -0.2) is 29.6 Å². The second kappa shape index (κ2) is 6.05. The molecule has 1 spiro atoms. The van der Waals surface area contributed by atoms with Crippen LogP contribution in [0.15, 0.2) is 72.1 Å². The van der Waals surface area contributed by atoms with Gasteiger partial charge in [0.05, 0.1) is 12.5 Å². The van der Waals surface area contributed by atoms with Crippen molar-refractivity contribution in [1.29, 1.82) is 0 Å². The van der Waals surface area contributed by atoms with Crippen molar-refractivity contribution >= 4 is 5.78 Å². The maximum atomic E-state index is 12.9. The zero-order valence-electron chi connectivity index (χ0n) is 14.2. The van der Waals surface area contributed by atoms with Gasteiger partial charge < -0.3 is 14.7 Å². The number of ketones is 1. The molecular weight excluding hydrogens is 314 g/mol. The fourth-order valence-electron chi connectivity index (χ4n) is 4.22. The highest BCUT2D eigenvalue weighted by Crippen LogP contribution is 2.55. The second-order valence-corrected chi connectivity index (χ2v) is 6.65. The average Bonchev–Trinajstić information content (AvgIpc) is 2.99. The summed E-state index contributed by atoms with van der Waals surface area (Å²) >= 11 is 0. The third-order valence-corrected chi connectivity index (χ3v) is 5.44. The van der Waals surface area contributed by atoms with E-state index in [2.05, 4.69) is 6.08 Å². The molecule has 25 heavy (non-hydrogen) atoms. The molecule has 4 heteroatoms. The number of methoxy groups -OCH3 is 1. The topological polar surface area (TPSA) is 49.8 Å². The van der Waals surface area contributed by atoms with E-state index in [4.69, 9.17) is 4.74 Å². The van der Waals surface area contributed by atoms with Crippen molar-refractivity contribution in [3.63, 3.8) is 0 Å². The molecule has 0 amide bonds. The number of carbonyl (C=O) groups is 1. The zero-order valence-corrected chi connectivity index (χ0v) is 14.2. The predicted molar refractivity (Wildman–Crippen MR) is 95.6 cm³/mol. The second-order valence-electron chi connectivity index (χ2n) is 6.65. The Kier molecular flexibility index (Phi) is 3.85. The van der Waals surface area contributed by atoms with Crippen LogP contribution < -0.4 is 4.74 Å². The fourth-order valence-corrected chi connectivity index (χ4v) is 4.22. The molecule has 0 aromatic heterocycles. The van der Waals surface area contributed by atoms with E-state index in [0.717, 1.165) is 22.6 Å². The van der Waals surface area contributed by atoms with Gasteiger partial charge in [0.15, 0.2) is 0 Å². The Balaban J connectivity index is 1.75. The molecule has 1 aromatic carbocycles. The highest BCUT2D eigenvalue weighted by molar-refractivity contribution is 5.88. The summed E-state index contributed by atoms with van der Waals surface area (Å²) in [6.45, 7) is -0.0811. The van der Waals surface area contributed by atoms with Gasteiger partial charge in [0.1, 0.15) is 18.3 Å². The molecule has 3 aliphatic rings. The Bertz CT molecular complexity index is 816. The molecule has 0 saturated heterocycles. The highest BCUT2D eigenvalue weighted by atomic mass is 16.5. The van der Waals surface area contributed by atoms with E-state index in [1.54, 1.807) is 7.11 Å². The lowest BCUT2D eigenvalue weighted by molar-refractivity contribution is -0.124. The molecule has 2 unspecified atom stereocenters. The number of benzene rings is 1. The Labute approximate surface area is 147 Å². The van der Waals surface area contributed by atoms with Gasteiger partial charge in [-0.25, -0.2) is 0 Å². The monoisotopic (exact) mass is 335 g/mol. The summed E-state index contributed by atoms with van der Waals surface area (Å²) in [7, 11) is 1.65. The van der Waals surface area contributed by atoms with Crippen LogP contribution in [0.2, 0.25) is 0 Å². The molecule has 1 N–H and O–H groups in total. The fraction of sp³-hybridized carbons (Fsp3) is 0.286. The van der Waals surface area contributed by atoms with Crippen LogP contribution in [0.4, 0.5) is 0 Å². The van der Waals surface area contributed by atoms with Crippen LogP contribution in [0.25, 0.3) is 0 Å². The summed E-state index contributed by atoms with van der Waals surface area (Å²) in [5.74, 6) is 0.876. The Hall–Kier alpha value is -2.59. The Morgan fingerprint density at radius 3 is 2.80 bits per heavy atom. The SMILES string of the molecule is COc1ccc(CC2C(=O)CC=C3N(CO)C=C4C=CC=CC432)cc1. The third-order valence-electron chi connectivity index (χ3n) is 5.44. The number of ether oxygens (including phenoxy) is 1. The van der Waals surface area contributed by atoms with Crippen LogP contribution in [0.1, 0.15) is 12.0 Å². The van der Waals surface area contributed by atoms with E-state index < -0.39 is 5.41 Å². The molecule has 1 aliphatic heterocycles. The minimum atomic E-state index is -0.466. The zero-order chi connectivity index (χ0) is 17.4. The van der Waals surface area contributed by atoms with E-state index in [-0.39, 0.29) is 18.4 Å². The van der Waals surface area contributed by atoms with Crippen LogP contribution in [0.5, 0.6) is 5.75 Å². The number of rotatable bonds is 4. The smallest absolute Gasteiger partial charge is 0.141 e. The third kappa shape index (κ3) is 2.36. The minimum absolute atomic E-state index is 0.0811. The van der Waals surface area contributed by atoms with Crippen molar-refractivity contribution in [3.05, 3.63) is 77.7 Å². The summed E-state index contributed by atoms with van der Waals surface area (Å²) < 4.78 is 5.22. The minimum Gasteiger partial charge on any atom is -0.497 e. The van der Waals surface area contributed by atoms with Crippen molar-refractivity contribution in [1.82, 2.24) is 4.90 Å². The van der Waals surface area contributed by atoms with Gasteiger partial charge in [0, 0.05) is 24.2 Å². The summed E-state index contributed by atoms with van der Waals surface area (Å²) in [5.41, 5.74) is 2.73. The number of allylic oxidation sites excluding steroid dienone is 5. The number of hydrogen-bond donors (Lipinski definition) is 1. The van der Waals surface area contributed by atoms with Crippen molar-refractivity contribution < 1.29 is 14.6 Å². The van der Waals surface area contributed by atoms with Crippen LogP contribution in [0, 0.1) is 11.3 Å². The first kappa shape index (κ1) is 15.9. The summed E-state index contributed by atoms with van der Waals surface area (Å²) in [6.07, 6.45) is 13.2. The molecule has 4 rings (SSSR count). The van der Waals surface area contributed by atoms with Crippen molar-refractivity contribution in [3.8, 4) is 5.75 Å². The first-order chi connectivity index (χ1) is 12.2. The van der Waals surface area contributed by atoms with Gasteiger partial charge in [-0.2, -0.15) is 0 Å². The lowest BCUT2D eigenvalue weighted by Crippen LogP contribution is -2.42. The molecule has 0 bridgehead atoms.